The lowest BCUT2D eigenvalue weighted by atomic mass is 10.2. The van der Waals surface area contributed by atoms with E-state index in [1.54, 1.807) is 0 Å². The molecule has 0 fully saturated rings. The fourth-order valence-electron chi connectivity index (χ4n) is 1.26. The molecule has 0 saturated heterocycles. The maximum absolute atomic E-state index is 13.0. The van der Waals surface area contributed by atoms with Crippen molar-refractivity contribution in [1.29, 1.82) is 0 Å². The topological polar surface area (TPSA) is 12.9 Å². The third-order valence-corrected chi connectivity index (χ3v) is 4.52. The molecular weight excluding hydrogens is 260 g/mol. The molecule has 0 aliphatic rings. The highest BCUT2D eigenvalue weighted by Crippen LogP contribution is 2.35. The van der Waals surface area contributed by atoms with Crippen molar-refractivity contribution in [2.24, 2.45) is 0 Å². The van der Waals surface area contributed by atoms with Crippen LogP contribution in [0.4, 0.5) is 8.78 Å². The van der Waals surface area contributed by atoms with Gasteiger partial charge in [0.25, 0.3) is 5.92 Å². The van der Waals surface area contributed by atoms with Crippen LogP contribution in [0, 0.1) is 0 Å². The zero-order valence-electron chi connectivity index (χ0n) is 9.19. The van der Waals surface area contributed by atoms with Gasteiger partial charge in [-0.15, -0.1) is 23.1 Å². The summed E-state index contributed by atoms with van der Waals surface area (Å²) in [5.41, 5.74) is 1.18. The minimum atomic E-state index is -2.84. The number of thioether (sulfide) groups is 1. The fraction of sp³-hybridized carbons (Fsp3) is 0.250. The van der Waals surface area contributed by atoms with Gasteiger partial charge in [0.15, 0.2) is 5.01 Å². The van der Waals surface area contributed by atoms with Crippen LogP contribution in [0.3, 0.4) is 0 Å². The van der Waals surface area contributed by atoms with E-state index in [0.717, 1.165) is 28.2 Å². The first-order valence-corrected chi connectivity index (χ1v) is 6.87. The molecule has 0 amide bonds. The molecule has 1 heterocycles. The molecule has 0 aliphatic carbocycles. The second-order valence-electron chi connectivity index (χ2n) is 3.65. The smallest absolute Gasteiger partial charge is 0.242 e. The van der Waals surface area contributed by atoms with Gasteiger partial charge in [0.05, 0.1) is 10.4 Å². The van der Waals surface area contributed by atoms with E-state index in [1.165, 1.54) is 23.5 Å². The number of halogens is 2. The second kappa shape index (κ2) is 5.14. The van der Waals surface area contributed by atoms with Crippen molar-refractivity contribution in [1.82, 2.24) is 4.98 Å². The highest BCUT2D eigenvalue weighted by molar-refractivity contribution is 8.00. The molecule has 2 aromatic rings. The fourth-order valence-corrected chi connectivity index (χ4v) is 3.12. The summed E-state index contributed by atoms with van der Waals surface area (Å²) in [6, 6.07) is 9.92. The number of rotatable bonds is 4. The van der Waals surface area contributed by atoms with Crippen LogP contribution in [0.25, 0.3) is 0 Å². The van der Waals surface area contributed by atoms with Gasteiger partial charge in [0.2, 0.25) is 0 Å². The van der Waals surface area contributed by atoms with Gasteiger partial charge in [-0.3, -0.25) is 0 Å². The first-order chi connectivity index (χ1) is 8.05. The first-order valence-electron chi connectivity index (χ1n) is 5.06. The summed E-state index contributed by atoms with van der Waals surface area (Å²) in [6.45, 7) is 0.872. The molecule has 90 valence electrons. The third-order valence-electron chi connectivity index (χ3n) is 2.08. The standard InChI is InChI=1S/C12H11F2NS2/c1-12(13,14)11-15-7-10(17-11)16-8-9-5-3-2-4-6-9/h2-7H,8H2,1H3. The molecule has 0 saturated carbocycles. The SMILES string of the molecule is CC(F)(F)c1ncc(SCc2ccccc2)s1. The Hall–Kier alpha value is -0.940. The second-order valence-corrected chi connectivity index (χ2v) is 5.95. The summed E-state index contributed by atoms with van der Waals surface area (Å²) < 4.78 is 26.8. The molecule has 0 N–H and O–H groups in total. The Bertz CT molecular complexity index is 477. The average molecular weight is 271 g/mol. The quantitative estimate of drug-likeness (QED) is 0.757. The van der Waals surface area contributed by atoms with Crippen molar-refractivity contribution in [3.8, 4) is 0 Å². The number of hydrogen-bond donors (Lipinski definition) is 0. The van der Waals surface area contributed by atoms with E-state index in [-0.39, 0.29) is 5.01 Å². The van der Waals surface area contributed by atoms with Crippen molar-refractivity contribution < 1.29 is 8.78 Å². The summed E-state index contributed by atoms with van der Waals surface area (Å²) in [6.07, 6.45) is 1.52. The van der Waals surface area contributed by atoms with Crippen LogP contribution in [0.15, 0.2) is 40.7 Å². The molecule has 17 heavy (non-hydrogen) atoms. The largest absolute Gasteiger partial charge is 0.296 e. The lowest BCUT2D eigenvalue weighted by Gasteiger charge is -2.03. The summed E-state index contributed by atoms with van der Waals surface area (Å²) in [4.78, 5) is 3.75. The van der Waals surface area contributed by atoms with Crippen LogP contribution in [-0.4, -0.2) is 4.98 Å². The number of aromatic nitrogens is 1. The van der Waals surface area contributed by atoms with E-state index < -0.39 is 5.92 Å². The highest BCUT2D eigenvalue weighted by Gasteiger charge is 2.28. The van der Waals surface area contributed by atoms with Crippen molar-refractivity contribution in [3.05, 3.63) is 47.1 Å². The molecule has 0 unspecified atom stereocenters. The van der Waals surface area contributed by atoms with Crippen molar-refractivity contribution >= 4 is 23.1 Å². The monoisotopic (exact) mass is 271 g/mol. The van der Waals surface area contributed by atoms with Gasteiger partial charge in [-0.1, -0.05) is 30.3 Å². The zero-order chi connectivity index (χ0) is 12.3. The Morgan fingerprint density at radius 3 is 2.59 bits per heavy atom. The number of alkyl halides is 2. The minimum Gasteiger partial charge on any atom is -0.242 e. The predicted octanol–water partition coefficient (Wildman–Crippen LogP) is 4.55. The highest BCUT2D eigenvalue weighted by atomic mass is 32.2. The van der Waals surface area contributed by atoms with E-state index in [2.05, 4.69) is 4.98 Å². The van der Waals surface area contributed by atoms with Crippen LogP contribution in [0.5, 0.6) is 0 Å². The van der Waals surface area contributed by atoms with E-state index in [9.17, 15) is 8.78 Å². The normalized spacial score (nSPS) is 11.7. The van der Waals surface area contributed by atoms with E-state index >= 15 is 0 Å². The van der Waals surface area contributed by atoms with Crippen LogP contribution in [-0.2, 0) is 11.7 Å². The Kier molecular flexibility index (Phi) is 3.79. The Balaban J connectivity index is 1.99. The average Bonchev–Trinajstić information content (AvgIpc) is 2.76. The van der Waals surface area contributed by atoms with Crippen LogP contribution in [0.2, 0.25) is 0 Å². The Labute approximate surface area is 107 Å². The van der Waals surface area contributed by atoms with Gasteiger partial charge in [-0.2, -0.15) is 8.78 Å². The van der Waals surface area contributed by atoms with Crippen LogP contribution < -0.4 is 0 Å². The predicted molar refractivity (Wildman–Crippen MR) is 67.7 cm³/mol. The number of hydrogen-bond acceptors (Lipinski definition) is 3. The van der Waals surface area contributed by atoms with Crippen molar-refractivity contribution in [2.75, 3.05) is 0 Å². The summed E-state index contributed by atoms with van der Waals surface area (Å²) in [5.74, 6) is -2.06. The molecule has 0 spiro atoms. The van der Waals surface area contributed by atoms with E-state index in [1.807, 2.05) is 30.3 Å². The van der Waals surface area contributed by atoms with Gasteiger partial charge in [-0.05, 0) is 5.56 Å². The van der Waals surface area contributed by atoms with E-state index in [0.29, 0.717) is 0 Å². The molecule has 5 heteroatoms. The molecule has 1 aromatic carbocycles. The van der Waals surface area contributed by atoms with Crippen molar-refractivity contribution in [2.45, 2.75) is 22.8 Å². The summed E-state index contributed by atoms with van der Waals surface area (Å²) >= 11 is 2.59. The number of nitrogens with zero attached hydrogens (tertiary/aromatic N) is 1. The molecule has 1 aromatic heterocycles. The maximum atomic E-state index is 13.0. The number of thiazole rings is 1. The minimum absolute atomic E-state index is 0.118. The molecular formula is C12H11F2NS2. The lowest BCUT2D eigenvalue weighted by molar-refractivity contribution is 0.0172. The van der Waals surface area contributed by atoms with Gasteiger partial charge in [0, 0.05) is 12.7 Å². The zero-order valence-corrected chi connectivity index (χ0v) is 10.8. The molecule has 0 bridgehead atoms. The van der Waals surface area contributed by atoms with Crippen molar-refractivity contribution in [3.63, 3.8) is 0 Å². The summed E-state index contributed by atoms with van der Waals surface area (Å²) in [7, 11) is 0. The summed E-state index contributed by atoms with van der Waals surface area (Å²) in [5, 5.41) is -0.118. The van der Waals surface area contributed by atoms with Gasteiger partial charge in [-0.25, -0.2) is 4.98 Å². The van der Waals surface area contributed by atoms with Crippen LogP contribution >= 0.6 is 23.1 Å². The van der Waals surface area contributed by atoms with Gasteiger partial charge >= 0.3 is 0 Å². The van der Waals surface area contributed by atoms with Gasteiger partial charge in [0.1, 0.15) is 0 Å². The lowest BCUT2D eigenvalue weighted by Crippen LogP contribution is -2.05. The van der Waals surface area contributed by atoms with Gasteiger partial charge < -0.3 is 0 Å². The molecule has 0 aliphatic heterocycles. The number of benzene rings is 1. The first kappa shape index (κ1) is 12.5. The Morgan fingerprint density at radius 2 is 2.00 bits per heavy atom. The molecule has 1 nitrogen and oxygen atoms in total. The maximum Gasteiger partial charge on any atom is 0.296 e. The molecule has 2 rings (SSSR count). The Morgan fingerprint density at radius 1 is 1.29 bits per heavy atom. The molecule has 0 atom stereocenters. The van der Waals surface area contributed by atoms with E-state index in [4.69, 9.17) is 0 Å². The molecule has 0 radical (unpaired) electrons. The van der Waals surface area contributed by atoms with Crippen LogP contribution in [0.1, 0.15) is 17.5 Å². The third kappa shape index (κ3) is 3.51.